The fourth-order valence-corrected chi connectivity index (χ4v) is 1.05. The Morgan fingerprint density at radius 2 is 2.00 bits per heavy atom. The van der Waals surface area contributed by atoms with E-state index < -0.39 is 5.82 Å². The summed E-state index contributed by atoms with van der Waals surface area (Å²) in [4.78, 5) is 0. The molecule has 1 aromatic rings. The zero-order chi connectivity index (χ0) is 11.4. The van der Waals surface area contributed by atoms with Crippen molar-refractivity contribution in [3.05, 3.63) is 60.5 Å². The number of hydrogen-bond donors (Lipinski definition) is 1. The average molecular weight is 204 g/mol. The SMILES string of the molecule is C=C(C)/C=C\C(=C)c1ccc(O)c(F)c1. The highest BCUT2D eigenvalue weighted by Crippen LogP contribution is 2.21. The molecule has 0 atom stereocenters. The molecule has 2 heteroatoms. The third-order valence-corrected chi connectivity index (χ3v) is 1.89. The van der Waals surface area contributed by atoms with Gasteiger partial charge in [-0.05, 0) is 30.2 Å². The van der Waals surface area contributed by atoms with Crippen LogP contribution < -0.4 is 0 Å². The molecule has 0 unspecified atom stereocenters. The molecule has 1 aromatic carbocycles. The van der Waals surface area contributed by atoms with E-state index >= 15 is 0 Å². The van der Waals surface area contributed by atoms with Crippen molar-refractivity contribution in [2.45, 2.75) is 6.92 Å². The number of benzene rings is 1. The van der Waals surface area contributed by atoms with Crippen molar-refractivity contribution >= 4 is 5.57 Å². The van der Waals surface area contributed by atoms with Gasteiger partial charge in [0.25, 0.3) is 0 Å². The molecule has 0 amide bonds. The van der Waals surface area contributed by atoms with Crippen LogP contribution in [0.4, 0.5) is 4.39 Å². The zero-order valence-electron chi connectivity index (χ0n) is 8.63. The lowest BCUT2D eigenvalue weighted by Crippen LogP contribution is -1.82. The largest absolute Gasteiger partial charge is 0.505 e. The quantitative estimate of drug-likeness (QED) is 0.745. The number of rotatable bonds is 3. The molecule has 1 N–H and O–H groups in total. The van der Waals surface area contributed by atoms with E-state index in [1.165, 1.54) is 12.1 Å². The van der Waals surface area contributed by atoms with Gasteiger partial charge >= 0.3 is 0 Å². The average Bonchev–Trinajstić information content (AvgIpc) is 2.18. The van der Waals surface area contributed by atoms with E-state index in [4.69, 9.17) is 5.11 Å². The Morgan fingerprint density at radius 1 is 1.33 bits per heavy atom. The number of phenolic OH excluding ortho intramolecular Hbond substituents is 1. The highest BCUT2D eigenvalue weighted by atomic mass is 19.1. The number of halogens is 1. The summed E-state index contributed by atoms with van der Waals surface area (Å²) in [6.45, 7) is 9.36. The van der Waals surface area contributed by atoms with Crippen LogP contribution in [0.1, 0.15) is 12.5 Å². The van der Waals surface area contributed by atoms with Gasteiger partial charge in [0.1, 0.15) is 0 Å². The standard InChI is InChI=1S/C13H13FO/c1-9(2)4-5-10(3)11-6-7-13(15)12(14)8-11/h4-8,15H,1,3H2,2H3/b5-4-. The van der Waals surface area contributed by atoms with E-state index in [0.717, 1.165) is 5.57 Å². The van der Waals surface area contributed by atoms with E-state index in [0.29, 0.717) is 11.1 Å². The van der Waals surface area contributed by atoms with E-state index in [-0.39, 0.29) is 5.75 Å². The van der Waals surface area contributed by atoms with Crippen LogP contribution in [0.2, 0.25) is 0 Å². The van der Waals surface area contributed by atoms with Crippen molar-refractivity contribution in [1.29, 1.82) is 0 Å². The predicted octanol–water partition coefficient (Wildman–Crippen LogP) is 3.68. The highest BCUT2D eigenvalue weighted by Gasteiger charge is 2.02. The molecule has 0 aliphatic heterocycles. The number of aromatic hydroxyl groups is 1. The van der Waals surface area contributed by atoms with Crippen LogP contribution in [0.15, 0.2) is 49.1 Å². The summed E-state index contributed by atoms with van der Waals surface area (Å²) in [5, 5.41) is 9.01. The van der Waals surface area contributed by atoms with Crippen LogP contribution in [0.3, 0.4) is 0 Å². The lowest BCUT2D eigenvalue weighted by Gasteiger charge is -2.02. The van der Waals surface area contributed by atoms with Gasteiger partial charge in [-0.1, -0.05) is 36.9 Å². The van der Waals surface area contributed by atoms with Crippen LogP contribution >= 0.6 is 0 Å². The molecule has 0 fully saturated rings. The molecule has 0 saturated heterocycles. The summed E-state index contributed by atoms with van der Waals surface area (Å²) in [6, 6.07) is 4.17. The van der Waals surface area contributed by atoms with Crippen molar-refractivity contribution in [3.63, 3.8) is 0 Å². The van der Waals surface area contributed by atoms with Crippen molar-refractivity contribution in [2.75, 3.05) is 0 Å². The molecular formula is C13H13FO. The first-order valence-corrected chi connectivity index (χ1v) is 4.52. The van der Waals surface area contributed by atoms with Gasteiger partial charge in [0, 0.05) is 0 Å². The van der Waals surface area contributed by atoms with Crippen molar-refractivity contribution in [3.8, 4) is 5.75 Å². The second-order valence-electron chi connectivity index (χ2n) is 3.37. The van der Waals surface area contributed by atoms with Crippen LogP contribution in [-0.2, 0) is 0 Å². The van der Waals surface area contributed by atoms with Gasteiger partial charge in [0.2, 0.25) is 0 Å². The molecule has 0 aliphatic rings. The van der Waals surface area contributed by atoms with Gasteiger partial charge in [-0.15, -0.1) is 0 Å². The van der Waals surface area contributed by atoms with Gasteiger partial charge < -0.3 is 5.11 Å². The van der Waals surface area contributed by atoms with E-state index in [9.17, 15) is 4.39 Å². The molecule has 0 radical (unpaired) electrons. The predicted molar refractivity (Wildman–Crippen MR) is 61.1 cm³/mol. The maximum atomic E-state index is 13.0. The van der Waals surface area contributed by atoms with Gasteiger partial charge in [-0.3, -0.25) is 0 Å². The van der Waals surface area contributed by atoms with E-state index in [1.807, 2.05) is 6.92 Å². The Hall–Kier alpha value is -1.83. The zero-order valence-corrected chi connectivity index (χ0v) is 8.63. The Labute approximate surface area is 88.9 Å². The number of hydrogen-bond acceptors (Lipinski definition) is 1. The molecule has 0 aliphatic carbocycles. The van der Waals surface area contributed by atoms with Gasteiger partial charge in [0.05, 0.1) is 0 Å². The molecule has 0 saturated carbocycles. The molecule has 78 valence electrons. The smallest absolute Gasteiger partial charge is 0.165 e. The first-order valence-electron chi connectivity index (χ1n) is 4.52. The third kappa shape index (κ3) is 3.09. The molecule has 15 heavy (non-hydrogen) atoms. The lowest BCUT2D eigenvalue weighted by atomic mass is 10.1. The fraction of sp³-hybridized carbons (Fsp3) is 0.0769. The minimum atomic E-state index is -0.641. The summed E-state index contributed by atoms with van der Waals surface area (Å²) in [5.74, 6) is -0.993. The molecule has 0 bridgehead atoms. The topological polar surface area (TPSA) is 20.2 Å². The Morgan fingerprint density at radius 3 is 2.53 bits per heavy atom. The van der Waals surface area contributed by atoms with E-state index in [1.54, 1.807) is 18.2 Å². The Balaban J connectivity index is 2.92. The second-order valence-corrected chi connectivity index (χ2v) is 3.37. The molecule has 0 spiro atoms. The fourth-order valence-electron chi connectivity index (χ4n) is 1.05. The number of phenols is 1. The molecule has 0 heterocycles. The highest BCUT2D eigenvalue weighted by molar-refractivity contribution is 5.72. The summed E-state index contributed by atoms with van der Waals surface area (Å²) < 4.78 is 13.0. The first-order chi connectivity index (χ1) is 7.00. The van der Waals surface area contributed by atoms with Gasteiger partial charge in [-0.2, -0.15) is 0 Å². The van der Waals surface area contributed by atoms with Crippen LogP contribution in [0.25, 0.3) is 5.57 Å². The minimum absolute atomic E-state index is 0.351. The van der Waals surface area contributed by atoms with Crippen molar-refractivity contribution < 1.29 is 9.50 Å². The van der Waals surface area contributed by atoms with Crippen molar-refractivity contribution in [1.82, 2.24) is 0 Å². The molecular weight excluding hydrogens is 191 g/mol. The molecule has 1 rings (SSSR count). The van der Waals surface area contributed by atoms with Gasteiger partial charge in [0.15, 0.2) is 11.6 Å². The first kappa shape index (κ1) is 11.2. The maximum absolute atomic E-state index is 13.0. The normalized spacial score (nSPS) is 10.5. The summed E-state index contributed by atoms with van der Waals surface area (Å²) in [6.07, 6.45) is 3.56. The maximum Gasteiger partial charge on any atom is 0.165 e. The Kier molecular flexibility index (Phi) is 3.45. The van der Waals surface area contributed by atoms with Crippen LogP contribution in [-0.4, -0.2) is 5.11 Å². The minimum Gasteiger partial charge on any atom is -0.505 e. The summed E-state index contributed by atoms with van der Waals surface area (Å²) >= 11 is 0. The lowest BCUT2D eigenvalue weighted by molar-refractivity contribution is 0.432. The monoisotopic (exact) mass is 204 g/mol. The summed E-state index contributed by atoms with van der Waals surface area (Å²) in [5.41, 5.74) is 2.22. The third-order valence-electron chi connectivity index (χ3n) is 1.89. The van der Waals surface area contributed by atoms with Crippen molar-refractivity contribution in [2.24, 2.45) is 0 Å². The van der Waals surface area contributed by atoms with Crippen LogP contribution in [0, 0.1) is 5.82 Å². The molecule has 0 aromatic heterocycles. The Bertz CT molecular complexity index is 430. The summed E-state index contributed by atoms with van der Waals surface area (Å²) in [7, 11) is 0. The molecule has 1 nitrogen and oxygen atoms in total. The van der Waals surface area contributed by atoms with Crippen LogP contribution in [0.5, 0.6) is 5.75 Å². The van der Waals surface area contributed by atoms with E-state index in [2.05, 4.69) is 13.2 Å². The van der Waals surface area contributed by atoms with Gasteiger partial charge in [-0.25, -0.2) is 4.39 Å². The number of allylic oxidation sites excluding steroid dienone is 4. The second kappa shape index (κ2) is 4.60.